The molecule has 1 aromatic heterocycles. The van der Waals surface area contributed by atoms with Gasteiger partial charge in [0.15, 0.2) is 5.78 Å². The van der Waals surface area contributed by atoms with Gasteiger partial charge in [0.05, 0.1) is 12.5 Å². The predicted octanol–water partition coefficient (Wildman–Crippen LogP) is 1.42. The molecule has 0 radical (unpaired) electrons. The Labute approximate surface area is 109 Å². The number of carbonyl (C=O) groups excluding carboxylic acids is 1. The Morgan fingerprint density at radius 1 is 1.44 bits per heavy atom. The van der Waals surface area contributed by atoms with Gasteiger partial charge in [-0.15, -0.1) is 0 Å². The Morgan fingerprint density at radius 2 is 2.11 bits per heavy atom. The summed E-state index contributed by atoms with van der Waals surface area (Å²) in [6, 6.07) is -0.404. The lowest BCUT2D eigenvalue weighted by Crippen LogP contribution is -2.38. The fourth-order valence-corrected chi connectivity index (χ4v) is 1.77. The van der Waals surface area contributed by atoms with Crippen molar-refractivity contribution in [3.8, 4) is 0 Å². The van der Waals surface area contributed by atoms with Crippen LogP contribution < -0.4 is 5.73 Å². The smallest absolute Gasteiger partial charge is 0.157 e. The van der Waals surface area contributed by atoms with E-state index in [0.717, 1.165) is 13.0 Å². The van der Waals surface area contributed by atoms with Gasteiger partial charge in [-0.05, 0) is 11.8 Å². The van der Waals surface area contributed by atoms with E-state index >= 15 is 0 Å². The number of nitrogens with zero attached hydrogens (tertiary/aromatic N) is 3. The molecule has 5 nitrogen and oxygen atoms in total. The van der Waals surface area contributed by atoms with Gasteiger partial charge in [-0.2, -0.15) is 5.10 Å². The summed E-state index contributed by atoms with van der Waals surface area (Å²) in [4.78, 5) is 16.2. The van der Waals surface area contributed by atoms with Crippen molar-refractivity contribution < 1.29 is 4.79 Å². The third-order valence-corrected chi connectivity index (χ3v) is 3.19. The molecule has 0 aliphatic rings. The summed E-state index contributed by atoms with van der Waals surface area (Å²) in [5.74, 6) is 1.44. The Bertz CT molecular complexity index is 386. The minimum atomic E-state index is -0.404. The predicted molar refractivity (Wildman–Crippen MR) is 71.0 cm³/mol. The largest absolute Gasteiger partial charge is 0.321 e. The molecule has 0 aromatic carbocycles. The quantitative estimate of drug-likeness (QED) is 0.796. The molecular weight excluding hydrogens is 228 g/mol. The molecule has 5 heteroatoms. The molecule has 0 amide bonds. The number of rotatable bonds is 7. The van der Waals surface area contributed by atoms with Gasteiger partial charge >= 0.3 is 0 Å². The first-order chi connectivity index (χ1) is 8.45. The molecule has 2 N–H and O–H groups in total. The Balaban J connectivity index is 2.67. The molecule has 2 atom stereocenters. The summed E-state index contributed by atoms with van der Waals surface area (Å²) in [7, 11) is 0. The first-order valence-corrected chi connectivity index (χ1v) is 6.60. The number of aromatic nitrogens is 3. The monoisotopic (exact) mass is 252 g/mol. The number of ketones is 1. The van der Waals surface area contributed by atoms with Crippen LogP contribution >= 0.6 is 0 Å². The zero-order chi connectivity index (χ0) is 13.7. The maximum Gasteiger partial charge on any atom is 0.157 e. The van der Waals surface area contributed by atoms with Crippen LogP contribution in [0, 0.1) is 11.8 Å². The SMILES string of the molecule is CCC(C)C(N)C(=O)Cc1ncnn1CC(C)C. The Kier molecular flexibility index (Phi) is 5.47. The van der Waals surface area contributed by atoms with Crippen molar-refractivity contribution >= 4 is 5.78 Å². The van der Waals surface area contributed by atoms with E-state index in [-0.39, 0.29) is 18.1 Å². The Morgan fingerprint density at radius 3 is 2.67 bits per heavy atom. The lowest BCUT2D eigenvalue weighted by Gasteiger charge is -2.17. The molecule has 0 spiro atoms. The second-order valence-corrected chi connectivity index (χ2v) is 5.31. The molecule has 1 aromatic rings. The van der Waals surface area contributed by atoms with Crippen molar-refractivity contribution in [2.45, 2.75) is 53.1 Å². The van der Waals surface area contributed by atoms with Crippen LogP contribution in [0.25, 0.3) is 0 Å². The average Bonchev–Trinajstić information content (AvgIpc) is 2.73. The number of Topliss-reactive ketones (excluding diaryl/α,β-unsaturated/α-hetero) is 1. The zero-order valence-corrected chi connectivity index (χ0v) is 11.8. The van der Waals surface area contributed by atoms with E-state index in [1.54, 1.807) is 4.68 Å². The van der Waals surface area contributed by atoms with Crippen molar-refractivity contribution in [2.75, 3.05) is 0 Å². The summed E-state index contributed by atoms with van der Waals surface area (Å²) in [5, 5.41) is 4.15. The summed E-state index contributed by atoms with van der Waals surface area (Å²) in [6.45, 7) is 9.04. The minimum absolute atomic E-state index is 0.0438. The molecule has 1 rings (SSSR count). The molecule has 0 bridgehead atoms. The summed E-state index contributed by atoms with van der Waals surface area (Å²) < 4.78 is 1.80. The van der Waals surface area contributed by atoms with E-state index in [4.69, 9.17) is 5.73 Å². The molecule has 0 saturated carbocycles. The van der Waals surface area contributed by atoms with Gasteiger partial charge in [-0.1, -0.05) is 34.1 Å². The zero-order valence-electron chi connectivity index (χ0n) is 11.8. The van der Waals surface area contributed by atoms with Crippen LogP contribution in [0.4, 0.5) is 0 Å². The maximum atomic E-state index is 12.0. The highest BCUT2D eigenvalue weighted by atomic mass is 16.1. The van der Waals surface area contributed by atoms with Gasteiger partial charge in [-0.3, -0.25) is 4.79 Å². The van der Waals surface area contributed by atoms with Crippen LogP contribution in [-0.2, 0) is 17.8 Å². The second kappa shape index (κ2) is 6.64. The lowest BCUT2D eigenvalue weighted by atomic mass is 9.95. The van der Waals surface area contributed by atoms with Gasteiger partial charge in [0.2, 0.25) is 0 Å². The molecule has 0 saturated heterocycles. The van der Waals surface area contributed by atoms with Gasteiger partial charge in [0.25, 0.3) is 0 Å². The standard InChI is InChI=1S/C13H24N4O/c1-5-10(4)13(14)11(18)6-12-15-8-16-17(12)7-9(2)3/h8-10,13H,5-7,14H2,1-4H3. The van der Waals surface area contributed by atoms with Crippen LogP contribution in [0.15, 0.2) is 6.33 Å². The van der Waals surface area contributed by atoms with E-state index in [0.29, 0.717) is 11.7 Å². The van der Waals surface area contributed by atoms with E-state index in [1.807, 2.05) is 13.8 Å². The van der Waals surface area contributed by atoms with Crippen LogP contribution in [0.3, 0.4) is 0 Å². The fourth-order valence-electron chi connectivity index (χ4n) is 1.77. The summed E-state index contributed by atoms with van der Waals surface area (Å²) >= 11 is 0. The highest BCUT2D eigenvalue weighted by molar-refractivity contribution is 5.85. The number of carbonyl (C=O) groups is 1. The minimum Gasteiger partial charge on any atom is -0.321 e. The van der Waals surface area contributed by atoms with Crippen molar-refractivity contribution in [1.29, 1.82) is 0 Å². The first kappa shape index (κ1) is 14.8. The van der Waals surface area contributed by atoms with E-state index < -0.39 is 6.04 Å². The van der Waals surface area contributed by atoms with Crippen molar-refractivity contribution in [3.63, 3.8) is 0 Å². The maximum absolute atomic E-state index is 12.0. The first-order valence-electron chi connectivity index (χ1n) is 6.60. The van der Waals surface area contributed by atoms with Crippen LogP contribution in [0.2, 0.25) is 0 Å². The summed E-state index contributed by atoms with van der Waals surface area (Å²) in [6.07, 6.45) is 2.68. The molecule has 0 aliphatic heterocycles. The molecule has 102 valence electrons. The number of hydrogen-bond acceptors (Lipinski definition) is 4. The molecule has 0 fully saturated rings. The van der Waals surface area contributed by atoms with Crippen molar-refractivity contribution in [1.82, 2.24) is 14.8 Å². The highest BCUT2D eigenvalue weighted by Gasteiger charge is 2.21. The fraction of sp³-hybridized carbons (Fsp3) is 0.769. The van der Waals surface area contributed by atoms with Gasteiger partial charge in [-0.25, -0.2) is 9.67 Å². The van der Waals surface area contributed by atoms with Crippen LogP contribution in [0.1, 0.15) is 39.9 Å². The molecule has 1 heterocycles. The van der Waals surface area contributed by atoms with E-state index in [9.17, 15) is 4.79 Å². The topological polar surface area (TPSA) is 73.8 Å². The highest BCUT2D eigenvalue weighted by Crippen LogP contribution is 2.09. The van der Waals surface area contributed by atoms with Gasteiger partial charge in [0, 0.05) is 6.54 Å². The van der Waals surface area contributed by atoms with Crippen molar-refractivity contribution in [3.05, 3.63) is 12.2 Å². The van der Waals surface area contributed by atoms with Crippen LogP contribution in [0.5, 0.6) is 0 Å². The number of nitrogens with two attached hydrogens (primary N) is 1. The van der Waals surface area contributed by atoms with Crippen LogP contribution in [-0.4, -0.2) is 26.6 Å². The second-order valence-electron chi connectivity index (χ2n) is 5.31. The van der Waals surface area contributed by atoms with Gasteiger partial charge < -0.3 is 5.73 Å². The normalized spacial score (nSPS) is 14.8. The summed E-state index contributed by atoms with van der Waals surface area (Å²) in [5.41, 5.74) is 5.93. The van der Waals surface area contributed by atoms with Crippen molar-refractivity contribution in [2.24, 2.45) is 17.6 Å². The van der Waals surface area contributed by atoms with Gasteiger partial charge in [0.1, 0.15) is 12.2 Å². The molecule has 2 unspecified atom stereocenters. The molecule has 0 aliphatic carbocycles. The third-order valence-electron chi connectivity index (χ3n) is 3.19. The lowest BCUT2D eigenvalue weighted by molar-refractivity contribution is -0.120. The molecular formula is C13H24N4O. The Hall–Kier alpha value is -1.23. The third kappa shape index (κ3) is 3.91. The van der Waals surface area contributed by atoms with E-state index in [1.165, 1.54) is 6.33 Å². The molecule has 18 heavy (non-hydrogen) atoms. The van der Waals surface area contributed by atoms with E-state index in [2.05, 4.69) is 23.9 Å². The number of hydrogen-bond donors (Lipinski definition) is 1. The average molecular weight is 252 g/mol.